The minimum absolute atomic E-state index is 0.206. The number of aromatic nitrogens is 5. The van der Waals surface area contributed by atoms with Crippen molar-refractivity contribution in [1.29, 1.82) is 0 Å². The maximum atomic E-state index is 12.9. The van der Waals surface area contributed by atoms with Crippen LogP contribution >= 0.6 is 11.8 Å². The zero-order chi connectivity index (χ0) is 23.7. The molecular formula is C22H29N5O4S. The second-order valence-corrected chi connectivity index (χ2v) is 10.9. The molecule has 172 valence electrons. The van der Waals surface area contributed by atoms with Gasteiger partial charge in [0.2, 0.25) is 5.89 Å². The van der Waals surface area contributed by atoms with Crippen molar-refractivity contribution in [2.24, 2.45) is 0 Å². The lowest BCUT2D eigenvalue weighted by molar-refractivity contribution is 0.0260. The third kappa shape index (κ3) is 5.53. The fraction of sp³-hybridized carbons (Fsp3) is 0.545. The van der Waals surface area contributed by atoms with Gasteiger partial charge in [0.15, 0.2) is 17.8 Å². The van der Waals surface area contributed by atoms with Crippen LogP contribution in [0.2, 0.25) is 0 Å². The number of esters is 1. The SMILES string of the molecule is C[C@H](OC(=O)c1cccnc1S[C@@H](C)c1nc(C(C)(C)C)no1)c1nc(C(C)(C)C)no1. The molecule has 3 heterocycles. The Morgan fingerprint density at radius 3 is 2.09 bits per heavy atom. The molecule has 0 fully saturated rings. The van der Waals surface area contributed by atoms with Gasteiger partial charge in [-0.1, -0.05) is 63.6 Å². The minimum Gasteiger partial charge on any atom is -0.449 e. The molecule has 0 N–H and O–H groups in total. The summed E-state index contributed by atoms with van der Waals surface area (Å²) in [5.41, 5.74) is -0.150. The summed E-state index contributed by atoms with van der Waals surface area (Å²) in [5, 5.41) is 8.35. The van der Waals surface area contributed by atoms with Gasteiger partial charge in [0.05, 0.1) is 10.8 Å². The van der Waals surface area contributed by atoms with Crippen LogP contribution < -0.4 is 0 Å². The van der Waals surface area contributed by atoms with Crippen LogP contribution in [0.3, 0.4) is 0 Å². The van der Waals surface area contributed by atoms with Crippen LogP contribution in [0.25, 0.3) is 0 Å². The number of carbonyl (C=O) groups is 1. The van der Waals surface area contributed by atoms with Gasteiger partial charge in [-0.2, -0.15) is 9.97 Å². The van der Waals surface area contributed by atoms with E-state index in [1.165, 1.54) is 11.8 Å². The van der Waals surface area contributed by atoms with Gasteiger partial charge < -0.3 is 13.8 Å². The van der Waals surface area contributed by atoms with Gasteiger partial charge in [0, 0.05) is 17.0 Å². The molecular weight excluding hydrogens is 430 g/mol. The monoisotopic (exact) mass is 459 g/mol. The van der Waals surface area contributed by atoms with Crippen molar-refractivity contribution in [2.45, 2.75) is 82.6 Å². The van der Waals surface area contributed by atoms with Gasteiger partial charge in [0.25, 0.3) is 5.89 Å². The Morgan fingerprint density at radius 2 is 1.53 bits per heavy atom. The highest BCUT2D eigenvalue weighted by Gasteiger charge is 2.28. The molecule has 32 heavy (non-hydrogen) atoms. The molecule has 0 amide bonds. The van der Waals surface area contributed by atoms with Crippen molar-refractivity contribution < 1.29 is 18.6 Å². The van der Waals surface area contributed by atoms with E-state index in [-0.39, 0.29) is 22.0 Å². The summed E-state index contributed by atoms with van der Waals surface area (Å²) in [6.45, 7) is 15.6. The molecule has 0 aromatic carbocycles. The third-order valence-electron chi connectivity index (χ3n) is 4.48. The quantitative estimate of drug-likeness (QED) is 0.359. The number of thioether (sulfide) groups is 1. The van der Waals surface area contributed by atoms with Crippen LogP contribution in [-0.4, -0.2) is 31.2 Å². The van der Waals surface area contributed by atoms with E-state index < -0.39 is 12.1 Å². The Kier molecular flexibility index (Phi) is 6.73. The van der Waals surface area contributed by atoms with E-state index in [1.54, 1.807) is 25.3 Å². The molecule has 0 unspecified atom stereocenters. The highest BCUT2D eigenvalue weighted by molar-refractivity contribution is 7.99. The van der Waals surface area contributed by atoms with Crippen LogP contribution in [0.15, 0.2) is 32.4 Å². The number of rotatable bonds is 6. The number of hydrogen-bond acceptors (Lipinski definition) is 10. The Hall–Kier alpha value is -2.75. The Morgan fingerprint density at radius 1 is 0.969 bits per heavy atom. The molecule has 10 heteroatoms. The highest BCUT2D eigenvalue weighted by Crippen LogP contribution is 2.36. The van der Waals surface area contributed by atoms with Crippen LogP contribution in [0, 0.1) is 0 Å². The molecule has 9 nitrogen and oxygen atoms in total. The van der Waals surface area contributed by atoms with Gasteiger partial charge in [-0.3, -0.25) is 0 Å². The zero-order valence-corrected chi connectivity index (χ0v) is 20.5. The Bertz CT molecular complexity index is 1080. The van der Waals surface area contributed by atoms with E-state index in [2.05, 4.69) is 25.3 Å². The number of ether oxygens (including phenoxy) is 1. The van der Waals surface area contributed by atoms with E-state index in [9.17, 15) is 4.79 Å². The first-order valence-corrected chi connectivity index (χ1v) is 11.2. The molecule has 3 aromatic rings. The van der Waals surface area contributed by atoms with Gasteiger partial charge in [-0.25, -0.2) is 9.78 Å². The number of nitrogens with zero attached hydrogens (tertiary/aromatic N) is 5. The molecule has 0 aliphatic heterocycles. The van der Waals surface area contributed by atoms with Crippen molar-refractivity contribution >= 4 is 17.7 Å². The second kappa shape index (κ2) is 9.01. The summed E-state index contributed by atoms with van der Waals surface area (Å²) < 4.78 is 16.3. The van der Waals surface area contributed by atoms with E-state index in [0.717, 1.165) is 0 Å². The minimum atomic E-state index is -0.702. The Balaban J connectivity index is 1.73. The lowest BCUT2D eigenvalue weighted by Crippen LogP contribution is -2.14. The first-order chi connectivity index (χ1) is 14.9. The fourth-order valence-electron chi connectivity index (χ4n) is 2.54. The van der Waals surface area contributed by atoms with Crippen LogP contribution in [0.1, 0.15) is 101 Å². The standard InChI is InChI=1S/C22H29N5O4S/c1-12(15-24-19(26-30-15)21(3,4)5)29-18(28)14-10-9-11-23-17(14)32-13(2)16-25-20(27-31-16)22(6,7)8/h9-13H,1-8H3/t12-,13-/m0/s1. The average Bonchev–Trinajstić information content (AvgIpc) is 3.37. The largest absolute Gasteiger partial charge is 0.449 e. The molecule has 2 atom stereocenters. The molecule has 3 aromatic heterocycles. The lowest BCUT2D eigenvalue weighted by atomic mass is 9.96. The highest BCUT2D eigenvalue weighted by atomic mass is 32.2. The van der Waals surface area contributed by atoms with Crippen molar-refractivity contribution in [3.63, 3.8) is 0 Å². The summed E-state index contributed by atoms with van der Waals surface area (Å²) in [6, 6.07) is 3.35. The van der Waals surface area contributed by atoms with Crippen LogP contribution in [0.4, 0.5) is 0 Å². The predicted octanol–water partition coefficient (Wildman–Crippen LogP) is 5.21. The molecule has 0 bridgehead atoms. The molecule has 0 saturated carbocycles. The molecule has 0 aliphatic rings. The molecule has 0 aliphatic carbocycles. The van der Waals surface area contributed by atoms with E-state index in [4.69, 9.17) is 13.8 Å². The molecule has 0 spiro atoms. The zero-order valence-electron chi connectivity index (χ0n) is 19.7. The maximum Gasteiger partial charge on any atom is 0.341 e. The van der Waals surface area contributed by atoms with E-state index >= 15 is 0 Å². The smallest absolute Gasteiger partial charge is 0.341 e. The topological polar surface area (TPSA) is 117 Å². The number of hydrogen-bond donors (Lipinski definition) is 0. The second-order valence-electron chi connectivity index (χ2n) is 9.58. The fourth-order valence-corrected chi connectivity index (χ4v) is 3.47. The number of pyridine rings is 1. The predicted molar refractivity (Wildman–Crippen MR) is 118 cm³/mol. The van der Waals surface area contributed by atoms with Crippen LogP contribution in [0.5, 0.6) is 0 Å². The summed E-state index contributed by atoms with van der Waals surface area (Å²) in [5.74, 6) is 1.37. The van der Waals surface area contributed by atoms with E-state index in [1.807, 2.05) is 48.5 Å². The average molecular weight is 460 g/mol. The van der Waals surface area contributed by atoms with Gasteiger partial charge in [-0.05, 0) is 26.0 Å². The van der Waals surface area contributed by atoms with Crippen molar-refractivity contribution in [1.82, 2.24) is 25.3 Å². The van der Waals surface area contributed by atoms with Crippen molar-refractivity contribution in [2.75, 3.05) is 0 Å². The van der Waals surface area contributed by atoms with Gasteiger partial charge in [0.1, 0.15) is 5.03 Å². The molecule has 3 rings (SSSR count). The summed E-state index contributed by atoms with van der Waals surface area (Å²) in [7, 11) is 0. The van der Waals surface area contributed by atoms with Gasteiger partial charge in [-0.15, -0.1) is 0 Å². The van der Waals surface area contributed by atoms with Crippen LogP contribution in [-0.2, 0) is 15.6 Å². The molecule has 0 saturated heterocycles. The third-order valence-corrected chi connectivity index (χ3v) is 5.59. The molecule has 0 radical (unpaired) electrons. The normalized spacial score (nSPS) is 14.2. The maximum absolute atomic E-state index is 12.9. The lowest BCUT2D eigenvalue weighted by Gasteiger charge is -2.13. The van der Waals surface area contributed by atoms with Gasteiger partial charge >= 0.3 is 5.97 Å². The summed E-state index contributed by atoms with van der Waals surface area (Å²) in [6.07, 6.45) is 0.920. The number of carbonyl (C=O) groups excluding carboxylic acids is 1. The van der Waals surface area contributed by atoms with Crippen molar-refractivity contribution in [3.8, 4) is 0 Å². The van der Waals surface area contributed by atoms with Crippen molar-refractivity contribution in [3.05, 3.63) is 47.3 Å². The first kappa shape index (κ1) is 23.9. The summed E-state index contributed by atoms with van der Waals surface area (Å²) >= 11 is 1.35. The summed E-state index contributed by atoms with van der Waals surface area (Å²) in [4.78, 5) is 26.1. The Labute approximate surface area is 191 Å². The first-order valence-electron chi connectivity index (χ1n) is 10.4. The van der Waals surface area contributed by atoms with E-state index in [0.29, 0.717) is 28.1 Å².